The highest BCUT2D eigenvalue weighted by molar-refractivity contribution is 5.40. The Bertz CT molecular complexity index is 300. The van der Waals surface area contributed by atoms with E-state index in [0.717, 1.165) is 25.7 Å². The molecule has 0 aromatic heterocycles. The van der Waals surface area contributed by atoms with Crippen LogP contribution in [0.3, 0.4) is 0 Å². The Morgan fingerprint density at radius 3 is 2.86 bits per heavy atom. The van der Waals surface area contributed by atoms with Gasteiger partial charge in [0.2, 0.25) is 0 Å². The van der Waals surface area contributed by atoms with Crippen molar-refractivity contribution in [3.63, 3.8) is 0 Å². The topological polar surface area (TPSA) is 20.2 Å². The van der Waals surface area contributed by atoms with Crippen LogP contribution in [0.2, 0.25) is 0 Å². The van der Waals surface area contributed by atoms with Gasteiger partial charge in [-0.15, -0.1) is 0 Å². The van der Waals surface area contributed by atoms with Crippen LogP contribution >= 0.6 is 0 Å². The quantitative estimate of drug-likeness (QED) is 0.625. The normalized spacial score (nSPS) is 38.5. The molecule has 14 heavy (non-hydrogen) atoms. The number of hydrogen-bond donors (Lipinski definition) is 1. The molecule has 2 aliphatic carbocycles. The van der Waals surface area contributed by atoms with Crippen LogP contribution in [0.15, 0.2) is 23.3 Å². The van der Waals surface area contributed by atoms with Crippen LogP contribution in [-0.2, 0) is 0 Å². The largest absolute Gasteiger partial charge is 0.392 e. The summed E-state index contributed by atoms with van der Waals surface area (Å²) in [7, 11) is 0. The summed E-state index contributed by atoms with van der Waals surface area (Å²) in [5.74, 6) is 0. The fraction of sp³-hybridized carbons (Fsp3) is 0.692. The summed E-state index contributed by atoms with van der Waals surface area (Å²) in [5.41, 5.74) is 4.19. The molecule has 0 aliphatic heterocycles. The summed E-state index contributed by atoms with van der Waals surface area (Å²) < 4.78 is 0. The molecule has 0 radical (unpaired) electrons. The Morgan fingerprint density at radius 1 is 1.43 bits per heavy atom. The van der Waals surface area contributed by atoms with Crippen molar-refractivity contribution in [2.24, 2.45) is 5.41 Å². The summed E-state index contributed by atoms with van der Waals surface area (Å²) in [6.45, 7) is 8.50. The third kappa shape index (κ3) is 1.26. The molecule has 0 heterocycles. The van der Waals surface area contributed by atoms with Crippen LogP contribution in [0.1, 0.15) is 46.0 Å². The number of hydrogen-bond acceptors (Lipinski definition) is 1. The van der Waals surface area contributed by atoms with Crippen molar-refractivity contribution in [3.8, 4) is 0 Å². The number of fused-ring (bicyclic) bond motifs is 1. The second-order valence-corrected chi connectivity index (χ2v) is 5.03. The van der Waals surface area contributed by atoms with Crippen LogP contribution in [0.25, 0.3) is 0 Å². The first-order valence-electron chi connectivity index (χ1n) is 5.62. The molecule has 0 bridgehead atoms. The molecule has 0 unspecified atom stereocenters. The van der Waals surface area contributed by atoms with Crippen molar-refractivity contribution in [2.75, 3.05) is 0 Å². The zero-order valence-corrected chi connectivity index (χ0v) is 9.27. The number of rotatable bonds is 0. The molecule has 1 nitrogen and oxygen atoms in total. The molecule has 0 saturated heterocycles. The van der Waals surface area contributed by atoms with E-state index < -0.39 is 0 Å². The van der Waals surface area contributed by atoms with Crippen LogP contribution in [0.5, 0.6) is 0 Å². The van der Waals surface area contributed by atoms with Gasteiger partial charge in [-0.25, -0.2) is 0 Å². The summed E-state index contributed by atoms with van der Waals surface area (Å²) in [5, 5.41) is 10.1. The molecule has 0 aromatic rings. The van der Waals surface area contributed by atoms with Crippen LogP contribution in [-0.4, -0.2) is 11.2 Å². The average molecular weight is 192 g/mol. The van der Waals surface area contributed by atoms with Gasteiger partial charge in [0.25, 0.3) is 0 Å². The van der Waals surface area contributed by atoms with Crippen LogP contribution in [0, 0.1) is 5.41 Å². The molecule has 0 spiro atoms. The molecule has 0 aromatic carbocycles. The molecule has 2 rings (SSSR count). The van der Waals surface area contributed by atoms with Crippen molar-refractivity contribution in [1.82, 2.24) is 0 Å². The number of aliphatic hydroxyl groups excluding tert-OH is 1. The maximum Gasteiger partial charge on any atom is 0.0631 e. The number of aliphatic hydroxyl groups is 1. The maximum atomic E-state index is 10.1. The maximum absolute atomic E-state index is 10.1. The zero-order valence-electron chi connectivity index (χ0n) is 9.27. The molecular formula is C13H20O. The second-order valence-electron chi connectivity index (χ2n) is 5.03. The average Bonchev–Trinajstić information content (AvgIpc) is 2.16. The van der Waals surface area contributed by atoms with Crippen molar-refractivity contribution in [3.05, 3.63) is 23.3 Å². The van der Waals surface area contributed by atoms with Gasteiger partial charge in [-0.3, -0.25) is 0 Å². The van der Waals surface area contributed by atoms with Gasteiger partial charge in [0.05, 0.1) is 6.10 Å². The van der Waals surface area contributed by atoms with Crippen molar-refractivity contribution >= 4 is 0 Å². The minimum Gasteiger partial charge on any atom is -0.392 e. The molecule has 1 heteroatoms. The first-order valence-corrected chi connectivity index (χ1v) is 5.62. The van der Waals surface area contributed by atoms with Gasteiger partial charge in [-0.1, -0.05) is 24.6 Å². The van der Waals surface area contributed by atoms with Gasteiger partial charge in [0.1, 0.15) is 0 Å². The van der Waals surface area contributed by atoms with Gasteiger partial charge >= 0.3 is 0 Å². The SMILES string of the molecule is C=C1CC[C@@]2(C)C(=C1C)CCC[C@@H]2O. The Morgan fingerprint density at radius 2 is 2.14 bits per heavy atom. The Balaban J connectivity index is 2.45. The standard InChI is InChI=1S/C13H20O/c1-9-7-8-13(3)11(10(9)2)5-4-6-12(13)14/h12,14H,1,4-8H2,2-3H3/t12-,13-/m0/s1. The first-order chi connectivity index (χ1) is 6.55. The van der Waals surface area contributed by atoms with E-state index in [1.54, 1.807) is 0 Å². The predicted molar refractivity (Wildman–Crippen MR) is 59.0 cm³/mol. The molecular weight excluding hydrogens is 172 g/mol. The highest BCUT2D eigenvalue weighted by Crippen LogP contribution is 2.50. The summed E-state index contributed by atoms with van der Waals surface area (Å²) in [4.78, 5) is 0. The van der Waals surface area contributed by atoms with Crippen LogP contribution < -0.4 is 0 Å². The molecule has 1 fully saturated rings. The van der Waals surface area contributed by atoms with E-state index in [9.17, 15) is 5.11 Å². The van der Waals surface area contributed by atoms with E-state index in [1.165, 1.54) is 23.1 Å². The fourth-order valence-corrected chi connectivity index (χ4v) is 3.02. The molecule has 1 saturated carbocycles. The second kappa shape index (κ2) is 3.23. The van der Waals surface area contributed by atoms with E-state index in [4.69, 9.17) is 0 Å². The lowest BCUT2D eigenvalue weighted by Gasteiger charge is -2.45. The van der Waals surface area contributed by atoms with Gasteiger partial charge in [0.15, 0.2) is 0 Å². The highest BCUT2D eigenvalue weighted by Gasteiger charge is 2.42. The van der Waals surface area contributed by atoms with E-state index >= 15 is 0 Å². The predicted octanol–water partition coefficient (Wildman–Crippen LogP) is 3.20. The van der Waals surface area contributed by atoms with Crippen molar-refractivity contribution in [2.45, 2.75) is 52.1 Å². The van der Waals surface area contributed by atoms with E-state index in [0.29, 0.717) is 0 Å². The zero-order chi connectivity index (χ0) is 10.3. The fourth-order valence-electron chi connectivity index (χ4n) is 3.02. The first kappa shape index (κ1) is 9.97. The van der Waals surface area contributed by atoms with Gasteiger partial charge in [-0.2, -0.15) is 0 Å². The van der Waals surface area contributed by atoms with E-state index in [1.807, 2.05) is 0 Å². The Hall–Kier alpha value is -0.560. The van der Waals surface area contributed by atoms with E-state index in [2.05, 4.69) is 20.4 Å². The van der Waals surface area contributed by atoms with Crippen molar-refractivity contribution in [1.29, 1.82) is 0 Å². The summed E-state index contributed by atoms with van der Waals surface area (Å²) in [6.07, 6.45) is 5.28. The number of allylic oxidation sites excluding steroid dienone is 2. The molecule has 2 aliphatic rings. The highest BCUT2D eigenvalue weighted by atomic mass is 16.3. The van der Waals surface area contributed by atoms with Gasteiger partial charge in [0, 0.05) is 5.41 Å². The smallest absolute Gasteiger partial charge is 0.0631 e. The lowest BCUT2D eigenvalue weighted by Crippen LogP contribution is -2.40. The summed E-state index contributed by atoms with van der Waals surface area (Å²) >= 11 is 0. The minimum absolute atomic E-state index is 0.0591. The molecule has 2 atom stereocenters. The van der Waals surface area contributed by atoms with E-state index in [-0.39, 0.29) is 11.5 Å². The minimum atomic E-state index is -0.130. The van der Waals surface area contributed by atoms with Crippen LogP contribution in [0.4, 0.5) is 0 Å². The lowest BCUT2D eigenvalue weighted by atomic mass is 9.62. The van der Waals surface area contributed by atoms with Gasteiger partial charge in [-0.05, 0) is 44.6 Å². The Labute approximate surface area is 86.5 Å². The van der Waals surface area contributed by atoms with Gasteiger partial charge < -0.3 is 5.11 Å². The Kier molecular flexibility index (Phi) is 2.30. The monoisotopic (exact) mass is 192 g/mol. The van der Waals surface area contributed by atoms with Crippen molar-refractivity contribution < 1.29 is 5.11 Å². The third-order valence-electron chi connectivity index (χ3n) is 4.26. The third-order valence-corrected chi connectivity index (χ3v) is 4.26. The lowest BCUT2D eigenvalue weighted by molar-refractivity contribution is 0.0278. The molecule has 1 N–H and O–H groups in total. The molecule has 78 valence electrons. The molecule has 0 amide bonds. The summed E-state index contributed by atoms with van der Waals surface area (Å²) in [6, 6.07) is 0.